The first-order valence-electron chi connectivity index (χ1n) is 8.18. The molecule has 0 aliphatic carbocycles. The molecule has 3 aromatic rings. The predicted molar refractivity (Wildman–Crippen MR) is 106 cm³/mol. The van der Waals surface area contributed by atoms with Crippen LogP contribution in [0.3, 0.4) is 0 Å². The molecule has 2 N–H and O–H groups in total. The molecular weight excluding hydrogens is 386 g/mol. The van der Waals surface area contributed by atoms with Crippen molar-refractivity contribution >= 4 is 27.6 Å². The van der Waals surface area contributed by atoms with Crippen LogP contribution in [0.15, 0.2) is 58.2 Å². The minimum absolute atomic E-state index is 0.0939. The zero-order valence-corrected chi connectivity index (χ0v) is 16.4. The van der Waals surface area contributed by atoms with Crippen LogP contribution < -0.4 is 10.3 Å². The summed E-state index contributed by atoms with van der Waals surface area (Å²) in [7, 11) is -3.84. The van der Waals surface area contributed by atoms with Crippen LogP contribution in [0.1, 0.15) is 22.4 Å². The Morgan fingerprint density at radius 2 is 1.81 bits per heavy atom. The summed E-state index contributed by atoms with van der Waals surface area (Å²) in [5, 5.41) is 0.581. The molecular formula is C19H18ClN3O3S. The number of anilines is 1. The Morgan fingerprint density at radius 1 is 1.11 bits per heavy atom. The maximum Gasteiger partial charge on any atom is 0.264 e. The lowest BCUT2D eigenvalue weighted by Crippen LogP contribution is -2.22. The maximum atomic E-state index is 12.5. The molecule has 0 saturated carbocycles. The van der Waals surface area contributed by atoms with E-state index in [4.69, 9.17) is 11.6 Å². The van der Waals surface area contributed by atoms with Crippen LogP contribution in [0.2, 0.25) is 5.02 Å². The molecule has 0 saturated heterocycles. The second kappa shape index (κ2) is 7.54. The van der Waals surface area contributed by atoms with Gasteiger partial charge >= 0.3 is 0 Å². The van der Waals surface area contributed by atoms with Crippen molar-refractivity contribution in [3.63, 3.8) is 0 Å². The fourth-order valence-corrected chi connectivity index (χ4v) is 3.80. The first-order chi connectivity index (χ1) is 12.7. The zero-order chi connectivity index (χ0) is 19.6. The van der Waals surface area contributed by atoms with E-state index in [1.165, 1.54) is 12.1 Å². The molecule has 0 amide bonds. The number of hydrogen-bond acceptors (Lipinski definition) is 4. The lowest BCUT2D eigenvalue weighted by atomic mass is 10.1. The second-order valence-corrected chi connectivity index (χ2v) is 8.32. The fourth-order valence-electron chi connectivity index (χ4n) is 2.62. The molecule has 0 spiro atoms. The third-order valence-electron chi connectivity index (χ3n) is 4.05. The Labute approximate surface area is 162 Å². The largest absolute Gasteiger partial charge is 0.292 e. The van der Waals surface area contributed by atoms with Gasteiger partial charge in [-0.1, -0.05) is 41.4 Å². The number of sulfonamides is 1. The molecule has 8 heteroatoms. The molecule has 0 fully saturated rings. The summed E-state index contributed by atoms with van der Waals surface area (Å²) >= 11 is 5.98. The molecule has 140 valence electrons. The molecule has 0 aliphatic heterocycles. The van der Waals surface area contributed by atoms with Crippen molar-refractivity contribution in [1.82, 2.24) is 9.97 Å². The minimum atomic E-state index is -3.84. The molecule has 6 nitrogen and oxygen atoms in total. The summed E-state index contributed by atoms with van der Waals surface area (Å²) < 4.78 is 27.2. The molecule has 27 heavy (non-hydrogen) atoms. The van der Waals surface area contributed by atoms with E-state index in [1.54, 1.807) is 37.3 Å². The number of aromatic amines is 1. The number of aromatic nitrogens is 2. The summed E-state index contributed by atoms with van der Waals surface area (Å²) in [6.07, 6.45) is 0.347. The topological polar surface area (TPSA) is 91.9 Å². The van der Waals surface area contributed by atoms with Crippen LogP contribution >= 0.6 is 11.6 Å². The SMILES string of the molecule is Cc1ccc(S(=O)(=O)Nc2nc(C)c(Cc3cccc(Cl)c3)c(=O)[nH]2)cc1. The Balaban J connectivity index is 1.88. The maximum absolute atomic E-state index is 12.5. The highest BCUT2D eigenvalue weighted by molar-refractivity contribution is 7.92. The van der Waals surface area contributed by atoms with E-state index >= 15 is 0 Å². The monoisotopic (exact) mass is 403 g/mol. The summed E-state index contributed by atoms with van der Waals surface area (Å²) in [5.74, 6) is -0.118. The lowest BCUT2D eigenvalue weighted by Gasteiger charge is -2.10. The fraction of sp³-hybridized carbons (Fsp3) is 0.158. The Bertz CT molecular complexity index is 1140. The number of benzene rings is 2. The van der Waals surface area contributed by atoms with Crippen molar-refractivity contribution in [3.8, 4) is 0 Å². The lowest BCUT2D eigenvalue weighted by molar-refractivity contribution is 0.600. The second-order valence-electron chi connectivity index (χ2n) is 6.20. The van der Waals surface area contributed by atoms with E-state index in [1.807, 2.05) is 13.0 Å². The molecule has 0 atom stereocenters. The van der Waals surface area contributed by atoms with E-state index in [-0.39, 0.29) is 10.8 Å². The number of rotatable bonds is 5. The van der Waals surface area contributed by atoms with Crippen LogP contribution in [-0.2, 0) is 16.4 Å². The Morgan fingerprint density at radius 3 is 2.44 bits per heavy atom. The molecule has 0 aliphatic rings. The van der Waals surface area contributed by atoms with Crippen molar-refractivity contribution < 1.29 is 8.42 Å². The number of nitrogens with one attached hydrogen (secondary N) is 2. The van der Waals surface area contributed by atoms with Gasteiger partial charge in [-0.25, -0.2) is 18.1 Å². The molecule has 3 rings (SSSR count). The van der Waals surface area contributed by atoms with Gasteiger partial charge < -0.3 is 0 Å². The Hall–Kier alpha value is -2.64. The first kappa shape index (κ1) is 19.1. The third kappa shape index (κ3) is 4.56. The first-order valence-corrected chi connectivity index (χ1v) is 10.0. The number of halogens is 1. The summed E-state index contributed by atoms with van der Waals surface area (Å²) in [5.41, 5.74) is 2.31. The molecule has 1 heterocycles. The van der Waals surface area contributed by atoms with E-state index in [0.29, 0.717) is 22.7 Å². The van der Waals surface area contributed by atoms with Crippen molar-refractivity contribution in [2.75, 3.05) is 4.72 Å². The number of aryl methyl sites for hydroxylation is 2. The van der Waals surface area contributed by atoms with Gasteiger partial charge in [-0.05, 0) is 43.7 Å². The van der Waals surface area contributed by atoms with Gasteiger partial charge in [0.1, 0.15) is 0 Å². The van der Waals surface area contributed by atoms with Crippen LogP contribution in [0.25, 0.3) is 0 Å². The molecule has 1 aromatic heterocycles. The van der Waals surface area contributed by atoms with Gasteiger partial charge in [-0.2, -0.15) is 0 Å². The average Bonchev–Trinajstić information content (AvgIpc) is 2.58. The smallest absolute Gasteiger partial charge is 0.264 e. The van der Waals surface area contributed by atoms with Gasteiger partial charge in [-0.3, -0.25) is 9.78 Å². The van der Waals surface area contributed by atoms with Gasteiger partial charge in [0.05, 0.1) is 10.6 Å². The van der Waals surface area contributed by atoms with E-state index in [2.05, 4.69) is 14.7 Å². The highest BCUT2D eigenvalue weighted by Crippen LogP contribution is 2.16. The quantitative estimate of drug-likeness (QED) is 0.682. The standard InChI is InChI=1S/C19H18ClN3O3S/c1-12-6-8-16(9-7-12)27(25,26)23-19-21-13(2)17(18(24)22-19)11-14-4-3-5-15(20)10-14/h3-10H,11H2,1-2H3,(H2,21,22,23,24). The molecule has 0 radical (unpaired) electrons. The summed E-state index contributed by atoms with van der Waals surface area (Å²) in [6, 6.07) is 13.6. The van der Waals surface area contributed by atoms with Gasteiger partial charge in [0.25, 0.3) is 15.6 Å². The minimum Gasteiger partial charge on any atom is -0.292 e. The van der Waals surface area contributed by atoms with E-state index in [0.717, 1.165) is 11.1 Å². The van der Waals surface area contributed by atoms with E-state index in [9.17, 15) is 13.2 Å². The third-order valence-corrected chi connectivity index (χ3v) is 5.64. The van der Waals surface area contributed by atoms with Crippen LogP contribution in [0, 0.1) is 13.8 Å². The van der Waals surface area contributed by atoms with Crippen molar-refractivity contribution in [1.29, 1.82) is 0 Å². The number of nitrogens with zero attached hydrogens (tertiary/aromatic N) is 1. The van der Waals surface area contributed by atoms with Crippen LogP contribution in [0.5, 0.6) is 0 Å². The van der Waals surface area contributed by atoms with Crippen molar-refractivity contribution in [2.24, 2.45) is 0 Å². The Kier molecular flexibility index (Phi) is 5.34. The normalized spacial score (nSPS) is 11.4. The van der Waals surface area contributed by atoms with Crippen LogP contribution in [-0.4, -0.2) is 18.4 Å². The zero-order valence-electron chi connectivity index (χ0n) is 14.8. The van der Waals surface area contributed by atoms with Crippen molar-refractivity contribution in [3.05, 3.63) is 86.3 Å². The van der Waals surface area contributed by atoms with Crippen molar-refractivity contribution in [2.45, 2.75) is 25.2 Å². The van der Waals surface area contributed by atoms with Crippen LogP contribution in [0.4, 0.5) is 5.95 Å². The number of hydrogen-bond donors (Lipinski definition) is 2. The molecule has 0 unspecified atom stereocenters. The van der Waals surface area contributed by atoms with Gasteiger partial charge in [-0.15, -0.1) is 0 Å². The van der Waals surface area contributed by atoms with Gasteiger partial charge in [0.15, 0.2) is 0 Å². The molecule has 0 bridgehead atoms. The summed E-state index contributed by atoms with van der Waals surface area (Å²) in [6.45, 7) is 3.53. The van der Waals surface area contributed by atoms with Gasteiger partial charge in [0, 0.05) is 17.0 Å². The van der Waals surface area contributed by atoms with Gasteiger partial charge in [0.2, 0.25) is 5.95 Å². The predicted octanol–water partition coefficient (Wildman–Crippen LogP) is 3.43. The van der Waals surface area contributed by atoms with E-state index < -0.39 is 15.6 Å². The molecule has 2 aromatic carbocycles. The highest BCUT2D eigenvalue weighted by atomic mass is 35.5. The average molecular weight is 404 g/mol. The number of H-pyrrole nitrogens is 1. The summed E-state index contributed by atoms with van der Waals surface area (Å²) in [4.78, 5) is 19.2. The highest BCUT2D eigenvalue weighted by Gasteiger charge is 2.17.